The molecule has 8 nitrogen and oxygen atoms in total. The van der Waals surface area contributed by atoms with E-state index in [1.165, 1.54) is 19.3 Å². The van der Waals surface area contributed by atoms with Gasteiger partial charge in [0.1, 0.15) is 11.7 Å². The molecular formula is C28H34ClN7O. The van der Waals surface area contributed by atoms with Crippen molar-refractivity contribution in [1.29, 1.82) is 5.26 Å². The van der Waals surface area contributed by atoms with Crippen LogP contribution in [0.1, 0.15) is 61.9 Å². The van der Waals surface area contributed by atoms with Gasteiger partial charge in [0.2, 0.25) is 0 Å². The SMILES string of the molecule is CC(C)N1CCN(C2(CNC(=O)c3cn(-c4ncccc4C#N)c4nccc(Cl)c34)CCCCC2)CC1. The first-order valence-corrected chi connectivity index (χ1v) is 13.6. The van der Waals surface area contributed by atoms with Gasteiger partial charge in [0, 0.05) is 62.9 Å². The summed E-state index contributed by atoms with van der Waals surface area (Å²) in [6.07, 6.45) is 10.7. The highest BCUT2D eigenvalue weighted by atomic mass is 35.5. The number of nitrogens with one attached hydrogen (secondary N) is 1. The van der Waals surface area contributed by atoms with Crippen LogP contribution < -0.4 is 5.32 Å². The van der Waals surface area contributed by atoms with Gasteiger partial charge in [0.15, 0.2) is 5.82 Å². The van der Waals surface area contributed by atoms with Crippen LogP contribution in [0.3, 0.4) is 0 Å². The molecule has 9 heteroatoms. The first kappa shape index (κ1) is 25.7. The summed E-state index contributed by atoms with van der Waals surface area (Å²) in [6.45, 7) is 9.30. The van der Waals surface area contributed by atoms with Crippen molar-refractivity contribution in [2.75, 3.05) is 32.7 Å². The zero-order chi connectivity index (χ0) is 26.0. The molecule has 1 saturated carbocycles. The molecule has 0 spiro atoms. The lowest BCUT2D eigenvalue weighted by Crippen LogP contribution is -2.62. The van der Waals surface area contributed by atoms with E-state index in [4.69, 9.17) is 11.6 Å². The Morgan fingerprint density at radius 3 is 2.59 bits per heavy atom. The molecule has 0 atom stereocenters. The summed E-state index contributed by atoms with van der Waals surface area (Å²) in [5, 5.41) is 13.9. The number of nitriles is 1. The number of fused-ring (bicyclic) bond motifs is 1. The maximum atomic E-state index is 13.7. The Kier molecular flexibility index (Phi) is 7.47. The molecule has 2 fully saturated rings. The summed E-state index contributed by atoms with van der Waals surface area (Å²) in [5.74, 6) is 0.245. The van der Waals surface area contributed by atoms with Crippen LogP contribution >= 0.6 is 11.6 Å². The Morgan fingerprint density at radius 1 is 1.14 bits per heavy atom. The molecule has 0 unspecified atom stereocenters. The maximum Gasteiger partial charge on any atom is 0.253 e. The van der Waals surface area contributed by atoms with E-state index in [1.807, 2.05) is 0 Å². The molecular weight excluding hydrogens is 486 g/mol. The molecule has 2 aliphatic rings. The van der Waals surface area contributed by atoms with Crippen molar-refractivity contribution in [3.8, 4) is 11.9 Å². The number of halogens is 1. The van der Waals surface area contributed by atoms with Gasteiger partial charge in [-0.1, -0.05) is 30.9 Å². The van der Waals surface area contributed by atoms with Crippen molar-refractivity contribution in [1.82, 2.24) is 29.7 Å². The van der Waals surface area contributed by atoms with Crippen molar-refractivity contribution in [3.05, 3.63) is 52.9 Å². The summed E-state index contributed by atoms with van der Waals surface area (Å²) < 4.78 is 1.69. The van der Waals surface area contributed by atoms with Gasteiger partial charge in [-0.15, -0.1) is 0 Å². The lowest BCUT2D eigenvalue weighted by Gasteiger charge is -2.50. The van der Waals surface area contributed by atoms with Crippen molar-refractivity contribution >= 4 is 28.5 Å². The molecule has 0 radical (unpaired) electrons. The first-order valence-electron chi connectivity index (χ1n) is 13.2. The highest BCUT2D eigenvalue weighted by Crippen LogP contribution is 2.35. The molecule has 0 aromatic carbocycles. The summed E-state index contributed by atoms with van der Waals surface area (Å²) in [7, 11) is 0. The third-order valence-corrected chi connectivity index (χ3v) is 8.41. The van der Waals surface area contributed by atoms with E-state index in [0.717, 1.165) is 39.0 Å². The molecule has 37 heavy (non-hydrogen) atoms. The quantitative estimate of drug-likeness (QED) is 0.519. The Labute approximate surface area is 223 Å². The summed E-state index contributed by atoms with van der Waals surface area (Å²) >= 11 is 6.59. The summed E-state index contributed by atoms with van der Waals surface area (Å²) in [6, 6.07) is 7.83. The molecule has 194 valence electrons. The minimum atomic E-state index is -0.182. The minimum absolute atomic E-state index is 0.0215. The lowest BCUT2D eigenvalue weighted by atomic mass is 9.79. The smallest absolute Gasteiger partial charge is 0.253 e. The normalized spacial score (nSPS) is 18.7. The predicted octanol–water partition coefficient (Wildman–Crippen LogP) is 4.40. The van der Waals surface area contributed by atoms with Crippen LogP contribution in [0.5, 0.6) is 0 Å². The minimum Gasteiger partial charge on any atom is -0.350 e. The Balaban J connectivity index is 1.43. The fourth-order valence-electron chi connectivity index (χ4n) is 5.99. The third-order valence-electron chi connectivity index (χ3n) is 8.09. The van der Waals surface area contributed by atoms with E-state index in [9.17, 15) is 10.1 Å². The average molecular weight is 520 g/mol. The topological polar surface area (TPSA) is 90.1 Å². The van der Waals surface area contributed by atoms with Gasteiger partial charge in [0.05, 0.1) is 21.5 Å². The lowest BCUT2D eigenvalue weighted by molar-refractivity contribution is 0.000839. The second-order valence-corrected chi connectivity index (χ2v) is 10.9. The second-order valence-electron chi connectivity index (χ2n) is 10.5. The van der Waals surface area contributed by atoms with Gasteiger partial charge < -0.3 is 5.32 Å². The largest absolute Gasteiger partial charge is 0.350 e. The van der Waals surface area contributed by atoms with Crippen molar-refractivity contribution < 1.29 is 4.79 Å². The van der Waals surface area contributed by atoms with Crippen molar-refractivity contribution in [2.24, 2.45) is 0 Å². The average Bonchev–Trinajstić information content (AvgIpc) is 3.33. The first-order chi connectivity index (χ1) is 17.9. The van der Waals surface area contributed by atoms with Crippen LogP contribution in [-0.4, -0.2) is 74.5 Å². The van der Waals surface area contributed by atoms with Gasteiger partial charge in [-0.05, 0) is 44.9 Å². The number of carbonyl (C=O) groups excluding carboxylic acids is 1. The number of hydrogen-bond acceptors (Lipinski definition) is 6. The molecule has 0 bridgehead atoms. The number of rotatable bonds is 6. The number of pyridine rings is 2. The van der Waals surface area contributed by atoms with Crippen LogP contribution in [0.4, 0.5) is 0 Å². The Morgan fingerprint density at radius 2 is 1.89 bits per heavy atom. The van der Waals surface area contributed by atoms with Crippen LogP contribution in [-0.2, 0) is 0 Å². The van der Waals surface area contributed by atoms with Crippen LogP contribution in [0.25, 0.3) is 16.9 Å². The van der Waals surface area contributed by atoms with E-state index < -0.39 is 0 Å². The molecule has 4 heterocycles. The molecule has 3 aromatic rings. The number of carbonyl (C=O) groups is 1. The summed E-state index contributed by atoms with van der Waals surface area (Å²) in [5.41, 5.74) is 1.32. The standard InChI is InChI=1S/C28H34ClN7O/c1-20(2)34-13-15-35(16-14-34)28(9-4-3-5-10-28)19-33-27(37)22-18-36(25-21(17-30)7-6-11-31-25)26-24(22)23(29)8-12-32-26/h6-8,11-12,18,20H,3-5,9-10,13-16,19H2,1-2H3,(H,33,37). The number of piperazine rings is 1. The fraction of sp³-hybridized carbons (Fsp3) is 0.500. The van der Waals surface area contributed by atoms with E-state index in [0.29, 0.717) is 45.6 Å². The highest BCUT2D eigenvalue weighted by Gasteiger charge is 2.40. The number of aromatic nitrogens is 3. The van der Waals surface area contributed by atoms with Gasteiger partial charge >= 0.3 is 0 Å². The van der Waals surface area contributed by atoms with E-state index in [2.05, 4.69) is 45.0 Å². The molecule has 1 aliphatic heterocycles. The Hall–Kier alpha value is -2.99. The van der Waals surface area contributed by atoms with Crippen LogP contribution in [0.15, 0.2) is 36.8 Å². The van der Waals surface area contributed by atoms with Gasteiger partial charge in [-0.3, -0.25) is 19.2 Å². The van der Waals surface area contributed by atoms with Crippen LogP contribution in [0.2, 0.25) is 5.02 Å². The monoisotopic (exact) mass is 519 g/mol. The maximum absolute atomic E-state index is 13.7. The molecule has 3 aromatic heterocycles. The number of nitrogens with zero attached hydrogens (tertiary/aromatic N) is 6. The second kappa shape index (κ2) is 10.8. The van der Waals surface area contributed by atoms with Gasteiger partial charge in [-0.25, -0.2) is 9.97 Å². The number of amides is 1. The molecule has 1 amide bonds. The van der Waals surface area contributed by atoms with Crippen molar-refractivity contribution in [2.45, 2.75) is 57.5 Å². The van der Waals surface area contributed by atoms with Gasteiger partial charge in [0.25, 0.3) is 5.91 Å². The summed E-state index contributed by atoms with van der Waals surface area (Å²) in [4.78, 5) is 27.7. The molecule has 1 N–H and O–H groups in total. The van der Waals surface area contributed by atoms with E-state index >= 15 is 0 Å². The zero-order valence-electron chi connectivity index (χ0n) is 21.6. The highest BCUT2D eigenvalue weighted by molar-refractivity contribution is 6.36. The zero-order valence-corrected chi connectivity index (χ0v) is 22.3. The number of hydrogen-bond donors (Lipinski definition) is 1. The predicted molar refractivity (Wildman–Crippen MR) is 145 cm³/mol. The molecule has 1 aliphatic carbocycles. The molecule has 1 saturated heterocycles. The Bertz CT molecular complexity index is 1310. The fourth-order valence-corrected chi connectivity index (χ4v) is 6.23. The third kappa shape index (κ3) is 4.96. The van der Waals surface area contributed by atoms with Crippen LogP contribution in [0, 0.1) is 11.3 Å². The molecule has 5 rings (SSSR count). The van der Waals surface area contributed by atoms with E-state index in [1.54, 1.807) is 41.4 Å². The van der Waals surface area contributed by atoms with Gasteiger partial charge in [-0.2, -0.15) is 5.26 Å². The van der Waals surface area contributed by atoms with Crippen molar-refractivity contribution in [3.63, 3.8) is 0 Å². The van der Waals surface area contributed by atoms with E-state index in [-0.39, 0.29) is 11.4 Å².